The number of carbonyl (C=O) groups is 3. The van der Waals surface area contributed by atoms with Gasteiger partial charge in [0.05, 0.1) is 7.11 Å². The van der Waals surface area contributed by atoms with Crippen LogP contribution in [0.5, 0.6) is 11.5 Å². The van der Waals surface area contributed by atoms with Gasteiger partial charge in [-0.1, -0.05) is 31.4 Å². The van der Waals surface area contributed by atoms with Gasteiger partial charge in [-0.2, -0.15) is 0 Å². The second kappa shape index (κ2) is 11.2. The van der Waals surface area contributed by atoms with Gasteiger partial charge in [-0.3, -0.25) is 25.2 Å². The third-order valence-electron chi connectivity index (χ3n) is 5.43. The lowest BCUT2D eigenvalue weighted by Crippen LogP contribution is -2.47. The van der Waals surface area contributed by atoms with Crippen LogP contribution in [0, 0.1) is 5.92 Å². The number of hydrazine groups is 1. The minimum Gasteiger partial charge on any atom is -0.493 e. The maximum Gasteiger partial charge on any atom is 0.279 e. The molecule has 3 rings (SSSR count). The molecule has 0 unspecified atom stereocenters. The first-order chi connectivity index (χ1) is 15.5. The summed E-state index contributed by atoms with van der Waals surface area (Å²) in [6.07, 6.45) is 4.35. The van der Waals surface area contributed by atoms with Gasteiger partial charge in [0.15, 0.2) is 17.6 Å². The molecule has 8 nitrogen and oxygen atoms in total. The molecule has 1 aliphatic rings. The van der Waals surface area contributed by atoms with Crippen molar-refractivity contribution in [2.45, 2.75) is 45.1 Å². The second-order valence-corrected chi connectivity index (χ2v) is 7.76. The highest BCUT2D eigenvalue weighted by Crippen LogP contribution is 2.27. The summed E-state index contributed by atoms with van der Waals surface area (Å²) in [6.45, 7) is 1.57. The molecule has 0 aromatic heterocycles. The average Bonchev–Trinajstić information content (AvgIpc) is 2.83. The van der Waals surface area contributed by atoms with Crippen LogP contribution >= 0.6 is 0 Å². The number of benzene rings is 2. The number of ether oxygens (including phenoxy) is 2. The molecule has 2 aromatic carbocycles. The fourth-order valence-corrected chi connectivity index (χ4v) is 3.57. The average molecular weight is 440 g/mol. The largest absolute Gasteiger partial charge is 0.493 e. The zero-order valence-electron chi connectivity index (χ0n) is 18.4. The zero-order chi connectivity index (χ0) is 22.9. The van der Waals surface area contributed by atoms with Crippen LogP contribution in [-0.4, -0.2) is 30.9 Å². The van der Waals surface area contributed by atoms with Gasteiger partial charge >= 0.3 is 0 Å². The molecule has 1 saturated carbocycles. The summed E-state index contributed by atoms with van der Waals surface area (Å²) in [7, 11) is 1.51. The summed E-state index contributed by atoms with van der Waals surface area (Å²) in [4.78, 5) is 36.9. The molecule has 1 atom stereocenters. The Morgan fingerprint density at radius 2 is 1.56 bits per heavy atom. The van der Waals surface area contributed by atoms with Crippen molar-refractivity contribution in [2.75, 3.05) is 12.4 Å². The van der Waals surface area contributed by atoms with Crippen molar-refractivity contribution < 1.29 is 23.9 Å². The maximum absolute atomic E-state index is 12.3. The number of para-hydroxylation sites is 2. The van der Waals surface area contributed by atoms with Gasteiger partial charge in [-0.05, 0) is 56.2 Å². The number of anilines is 1. The van der Waals surface area contributed by atoms with Gasteiger partial charge in [-0.15, -0.1) is 0 Å². The van der Waals surface area contributed by atoms with E-state index in [0.717, 1.165) is 25.7 Å². The topological polar surface area (TPSA) is 106 Å². The van der Waals surface area contributed by atoms with E-state index in [-0.39, 0.29) is 11.8 Å². The van der Waals surface area contributed by atoms with Crippen LogP contribution in [0.15, 0.2) is 48.5 Å². The molecule has 2 aromatic rings. The molecule has 8 heteroatoms. The molecule has 3 amide bonds. The first-order valence-corrected chi connectivity index (χ1v) is 10.8. The summed E-state index contributed by atoms with van der Waals surface area (Å²) < 4.78 is 10.8. The SMILES string of the molecule is COc1ccccc1O[C@H](C)C(=O)NNC(=O)c1ccc(NC(=O)C2CCCCC2)cc1. The predicted octanol–water partition coefficient (Wildman–Crippen LogP) is 3.44. The van der Waals surface area contributed by atoms with Crippen LogP contribution in [0.1, 0.15) is 49.4 Å². The Hall–Kier alpha value is -3.55. The first kappa shape index (κ1) is 23.1. The summed E-state index contributed by atoms with van der Waals surface area (Å²) in [5, 5.41) is 2.91. The van der Waals surface area contributed by atoms with E-state index in [1.165, 1.54) is 13.5 Å². The molecule has 0 radical (unpaired) electrons. The lowest BCUT2D eigenvalue weighted by Gasteiger charge is -2.20. The van der Waals surface area contributed by atoms with E-state index in [4.69, 9.17) is 9.47 Å². The molecule has 0 heterocycles. The third-order valence-corrected chi connectivity index (χ3v) is 5.43. The first-order valence-electron chi connectivity index (χ1n) is 10.8. The molecule has 0 bridgehead atoms. The lowest BCUT2D eigenvalue weighted by molar-refractivity contribution is -0.128. The van der Waals surface area contributed by atoms with Crippen LogP contribution in [0.2, 0.25) is 0 Å². The minimum absolute atomic E-state index is 0.0261. The molecule has 170 valence electrons. The van der Waals surface area contributed by atoms with Gasteiger partial charge < -0.3 is 14.8 Å². The van der Waals surface area contributed by atoms with Crippen molar-refractivity contribution in [3.63, 3.8) is 0 Å². The number of methoxy groups -OCH3 is 1. The Kier molecular flexibility index (Phi) is 8.08. The highest BCUT2D eigenvalue weighted by atomic mass is 16.5. The number of carbonyl (C=O) groups excluding carboxylic acids is 3. The second-order valence-electron chi connectivity index (χ2n) is 7.76. The molecule has 0 saturated heterocycles. The van der Waals surface area contributed by atoms with Gasteiger partial charge in [-0.25, -0.2) is 0 Å². The number of amides is 3. The highest BCUT2D eigenvalue weighted by Gasteiger charge is 2.21. The molecule has 0 aliphatic heterocycles. The molecular weight excluding hydrogens is 410 g/mol. The van der Waals surface area contributed by atoms with Crippen molar-refractivity contribution >= 4 is 23.4 Å². The Bertz CT molecular complexity index is 939. The van der Waals surface area contributed by atoms with Crippen molar-refractivity contribution in [3.8, 4) is 11.5 Å². The van der Waals surface area contributed by atoms with Crippen LogP contribution in [0.3, 0.4) is 0 Å². The lowest BCUT2D eigenvalue weighted by atomic mass is 9.88. The highest BCUT2D eigenvalue weighted by molar-refractivity contribution is 5.97. The fourth-order valence-electron chi connectivity index (χ4n) is 3.57. The number of nitrogens with one attached hydrogen (secondary N) is 3. The molecule has 3 N–H and O–H groups in total. The molecule has 1 fully saturated rings. The van der Waals surface area contributed by atoms with E-state index in [9.17, 15) is 14.4 Å². The van der Waals surface area contributed by atoms with Crippen LogP contribution < -0.4 is 25.6 Å². The summed E-state index contributed by atoms with van der Waals surface area (Å²) in [6, 6.07) is 13.5. The van der Waals surface area contributed by atoms with E-state index in [1.807, 2.05) is 0 Å². The third kappa shape index (κ3) is 6.23. The summed E-state index contributed by atoms with van der Waals surface area (Å²) >= 11 is 0. The molecule has 32 heavy (non-hydrogen) atoms. The van der Waals surface area contributed by atoms with Gasteiger partial charge in [0.25, 0.3) is 11.8 Å². The van der Waals surface area contributed by atoms with Crippen LogP contribution in [0.25, 0.3) is 0 Å². The van der Waals surface area contributed by atoms with E-state index < -0.39 is 17.9 Å². The number of rotatable bonds is 7. The fraction of sp³-hybridized carbons (Fsp3) is 0.375. The van der Waals surface area contributed by atoms with E-state index in [1.54, 1.807) is 55.5 Å². The Balaban J connectivity index is 1.47. The Morgan fingerprint density at radius 1 is 0.906 bits per heavy atom. The number of hydrogen-bond acceptors (Lipinski definition) is 5. The van der Waals surface area contributed by atoms with Crippen molar-refractivity contribution in [3.05, 3.63) is 54.1 Å². The monoisotopic (exact) mass is 439 g/mol. The van der Waals surface area contributed by atoms with Crippen molar-refractivity contribution in [1.29, 1.82) is 0 Å². The molecular formula is C24H29N3O5. The minimum atomic E-state index is -0.857. The Labute approximate surface area is 187 Å². The summed E-state index contributed by atoms with van der Waals surface area (Å²) in [5.74, 6) is 0.0236. The normalized spacial score (nSPS) is 14.7. The predicted molar refractivity (Wildman–Crippen MR) is 120 cm³/mol. The maximum atomic E-state index is 12.3. The molecule has 0 spiro atoms. The van der Waals surface area contributed by atoms with Crippen LogP contribution in [-0.2, 0) is 9.59 Å². The van der Waals surface area contributed by atoms with Crippen molar-refractivity contribution in [1.82, 2.24) is 10.9 Å². The standard InChI is InChI=1S/C24H29N3O5/c1-16(32-21-11-7-6-10-20(21)31-2)22(28)26-27-24(30)18-12-14-19(15-13-18)25-23(29)17-8-4-3-5-9-17/h6-7,10-17H,3-5,8-9H2,1-2H3,(H,25,29)(H,26,28)(H,27,30)/t16-/m1/s1. The van der Waals surface area contributed by atoms with Crippen molar-refractivity contribution in [2.24, 2.45) is 5.92 Å². The van der Waals surface area contributed by atoms with Gasteiger partial charge in [0, 0.05) is 17.2 Å². The van der Waals surface area contributed by atoms with E-state index in [0.29, 0.717) is 22.7 Å². The quantitative estimate of drug-likeness (QED) is 0.573. The number of hydrogen-bond donors (Lipinski definition) is 3. The van der Waals surface area contributed by atoms with Gasteiger partial charge in [0.2, 0.25) is 5.91 Å². The van der Waals surface area contributed by atoms with Gasteiger partial charge in [0.1, 0.15) is 0 Å². The van der Waals surface area contributed by atoms with Crippen LogP contribution in [0.4, 0.5) is 5.69 Å². The summed E-state index contributed by atoms with van der Waals surface area (Å²) in [5.41, 5.74) is 5.71. The Morgan fingerprint density at radius 3 is 2.22 bits per heavy atom. The smallest absolute Gasteiger partial charge is 0.279 e. The van der Waals surface area contributed by atoms with E-state index in [2.05, 4.69) is 16.2 Å². The van der Waals surface area contributed by atoms with E-state index >= 15 is 0 Å². The zero-order valence-corrected chi connectivity index (χ0v) is 18.4. The molecule has 1 aliphatic carbocycles.